The van der Waals surface area contributed by atoms with Crippen molar-refractivity contribution in [3.63, 3.8) is 0 Å². The fourth-order valence-electron chi connectivity index (χ4n) is 7.08. The molecule has 0 radical (unpaired) electrons. The van der Waals surface area contributed by atoms with Crippen molar-refractivity contribution in [2.75, 3.05) is 0 Å². The van der Waals surface area contributed by atoms with Crippen LogP contribution in [0.15, 0.2) is 41.2 Å². The van der Waals surface area contributed by atoms with Crippen LogP contribution in [0, 0.1) is 11.8 Å². The molecule has 0 fully saturated rings. The molecule has 0 saturated heterocycles. The van der Waals surface area contributed by atoms with Crippen molar-refractivity contribution in [3.8, 4) is 0 Å². The van der Waals surface area contributed by atoms with Crippen molar-refractivity contribution in [1.82, 2.24) is 0 Å². The molecule has 0 bridgehead atoms. The number of hydrogen-bond donors (Lipinski definition) is 0. The van der Waals surface area contributed by atoms with Crippen LogP contribution in [0.3, 0.4) is 0 Å². The van der Waals surface area contributed by atoms with Crippen LogP contribution in [-0.4, -0.2) is 7.63 Å². The van der Waals surface area contributed by atoms with Gasteiger partial charge in [-0.2, -0.15) is 0 Å². The number of allylic oxidation sites excluding steroid dienone is 8. The Kier molecular flexibility index (Phi) is 3.57. The SMILES string of the molecule is CC1=C(C)C(C)[C]([Ti]([CH3])([CH3])([CH3])([CH3])(=[SiH2])[C]2=C(C)C(C)=C(C)C2C)=C1C. The Morgan fingerprint density at radius 3 is 1.00 bits per heavy atom. The molecule has 0 heterocycles. The van der Waals surface area contributed by atoms with Crippen LogP contribution < -0.4 is 0 Å². The van der Waals surface area contributed by atoms with Gasteiger partial charge in [0, 0.05) is 0 Å². The quantitative estimate of drug-likeness (QED) is 0.452. The maximum absolute atomic E-state index is 4.11. The first-order valence-electron chi connectivity index (χ1n) is 9.66. The molecule has 2 unspecified atom stereocenters. The van der Waals surface area contributed by atoms with E-state index in [1.165, 1.54) is 11.1 Å². The summed E-state index contributed by atoms with van der Waals surface area (Å²) in [6, 6.07) is 0. The summed E-state index contributed by atoms with van der Waals surface area (Å²) in [6.07, 6.45) is 0. The predicted molar refractivity (Wildman–Crippen MR) is 112 cm³/mol. The van der Waals surface area contributed by atoms with E-state index in [-0.39, 0.29) is 0 Å². The summed E-state index contributed by atoms with van der Waals surface area (Å²) in [7, 11) is 2.39. The van der Waals surface area contributed by atoms with Gasteiger partial charge < -0.3 is 0 Å². The molecule has 2 atom stereocenters. The van der Waals surface area contributed by atoms with Gasteiger partial charge in [-0.15, -0.1) is 0 Å². The maximum atomic E-state index is 2.69. The molecule has 0 aromatic rings. The summed E-state index contributed by atoms with van der Waals surface area (Å²) < 4.78 is 3.56. The first-order chi connectivity index (χ1) is 10.3. The van der Waals surface area contributed by atoms with Crippen LogP contribution in [0.5, 0.6) is 0 Å². The first kappa shape index (κ1) is 20.2. The molecule has 0 saturated carbocycles. The normalized spacial score (nSPS) is 30.8. The molecule has 2 rings (SSSR count). The van der Waals surface area contributed by atoms with Gasteiger partial charge in [-0.1, -0.05) is 0 Å². The Labute approximate surface area is 148 Å². The minimum absolute atomic E-state index is 0.567. The van der Waals surface area contributed by atoms with Crippen LogP contribution in [0.2, 0.25) is 20.9 Å². The van der Waals surface area contributed by atoms with Crippen molar-refractivity contribution < 1.29 is 11.5 Å². The minimum atomic E-state index is -4.11. The standard InChI is InChI=1S/2C9H13.4CH3.H2Si.Ti/c2*1-6-5-7(2)9(4)8(6)3;;;;;;/h2*6H,1-4H3;4*1H3;1H2;. The second kappa shape index (κ2) is 4.24. The van der Waals surface area contributed by atoms with Crippen molar-refractivity contribution in [1.29, 1.82) is 0 Å². The van der Waals surface area contributed by atoms with Crippen molar-refractivity contribution in [3.05, 3.63) is 41.2 Å². The van der Waals surface area contributed by atoms with Gasteiger partial charge >= 0.3 is 148 Å². The van der Waals surface area contributed by atoms with Gasteiger partial charge in [-0.3, -0.25) is 0 Å². The average Bonchev–Trinajstić information content (AvgIpc) is 2.71. The van der Waals surface area contributed by atoms with Crippen LogP contribution in [0.4, 0.5) is 0 Å². The van der Waals surface area contributed by atoms with E-state index in [2.05, 4.69) is 83.9 Å². The monoisotopic (exact) mass is 380 g/mol. The third kappa shape index (κ3) is 2.34. The fraction of sp³-hybridized carbons (Fsp3) is 0.636. The summed E-state index contributed by atoms with van der Waals surface area (Å²) in [5.41, 5.74) is 9.39. The van der Waals surface area contributed by atoms with Gasteiger partial charge in [0.1, 0.15) is 0 Å². The van der Waals surface area contributed by atoms with E-state index < -0.39 is 11.5 Å². The van der Waals surface area contributed by atoms with Crippen LogP contribution in [-0.2, 0) is 11.5 Å². The molecule has 0 amide bonds. The second-order valence-electron chi connectivity index (χ2n) is 13.0. The Bertz CT molecular complexity index is 839. The Balaban J connectivity index is 3.02. The third-order valence-corrected chi connectivity index (χ3v) is 22.5. The first-order valence-corrected chi connectivity index (χ1v) is 21.5. The fourth-order valence-corrected chi connectivity index (χ4v) is 26.6. The van der Waals surface area contributed by atoms with Gasteiger partial charge in [0.2, 0.25) is 0 Å². The molecule has 24 heavy (non-hydrogen) atoms. The summed E-state index contributed by atoms with van der Waals surface area (Å²) in [5.74, 6) is 1.13. The molecule has 0 N–H and O–H groups in total. The van der Waals surface area contributed by atoms with Crippen molar-refractivity contribution >= 4 is 7.63 Å². The molecule has 0 aliphatic heterocycles. The van der Waals surface area contributed by atoms with E-state index in [9.17, 15) is 0 Å². The van der Waals surface area contributed by atoms with Gasteiger partial charge in [-0.05, 0) is 0 Å². The predicted octanol–water partition coefficient (Wildman–Crippen LogP) is 7.01. The van der Waals surface area contributed by atoms with Crippen LogP contribution >= 0.6 is 0 Å². The topological polar surface area (TPSA) is 0 Å². The average molecular weight is 381 g/mol. The summed E-state index contributed by atoms with van der Waals surface area (Å²) in [4.78, 5) is 0. The second-order valence-corrected chi connectivity index (χ2v) is 50.8. The van der Waals surface area contributed by atoms with E-state index in [0.29, 0.717) is 11.8 Å². The Morgan fingerprint density at radius 1 is 0.583 bits per heavy atom. The van der Waals surface area contributed by atoms with E-state index in [4.69, 9.17) is 0 Å². The zero-order chi connectivity index (χ0) is 19.2. The van der Waals surface area contributed by atoms with Crippen LogP contribution in [0.1, 0.15) is 55.4 Å². The van der Waals surface area contributed by atoms with E-state index in [0.717, 1.165) is 0 Å². The molecule has 0 nitrogen and oxygen atoms in total. The zero-order valence-corrected chi connectivity index (χ0v) is 21.3. The van der Waals surface area contributed by atoms with Crippen molar-refractivity contribution in [2.45, 2.75) is 76.3 Å². The van der Waals surface area contributed by atoms with E-state index >= 15 is 0 Å². The molecule has 0 aromatic carbocycles. The number of rotatable bonds is 2. The zero-order valence-electron chi connectivity index (χ0n) is 18.4. The molecule has 2 heteroatoms. The van der Waals surface area contributed by atoms with Gasteiger partial charge in [0.05, 0.1) is 0 Å². The van der Waals surface area contributed by atoms with Crippen LogP contribution in [0.25, 0.3) is 0 Å². The number of hydrogen-bond acceptors (Lipinski definition) is 0. The van der Waals surface area contributed by atoms with Crippen molar-refractivity contribution in [2.24, 2.45) is 11.8 Å². The Hall–Kier alpha value is -0.109. The third-order valence-electron chi connectivity index (χ3n) is 8.09. The molecule has 2 aliphatic rings. The molecular weight excluding hydrogens is 340 g/mol. The molecule has 136 valence electrons. The Morgan fingerprint density at radius 2 is 0.833 bits per heavy atom. The summed E-state index contributed by atoms with van der Waals surface area (Å²) >= 11 is -4.11. The van der Waals surface area contributed by atoms with Gasteiger partial charge in [-0.25, -0.2) is 0 Å². The van der Waals surface area contributed by atoms with E-state index in [1.807, 2.05) is 0 Å². The molecule has 0 spiro atoms. The van der Waals surface area contributed by atoms with Gasteiger partial charge in [0.25, 0.3) is 0 Å². The molecule has 0 aromatic heterocycles. The summed E-state index contributed by atoms with van der Waals surface area (Å²) in [6.45, 7) is 19.0. The van der Waals surface area contributed by atoms with Gasteiger partial charge in [0.15, 0.2) is 0 Å². The van der Waals surface area contributed by atoms with E-state index in [1.54, 1.807) is 30.0 Å². The molecule has 2 aliphatic carbocycles. The summed E-state index contributed by atoms with van der Waals surface area (Å²) in [5, 5.41) is 10.8. The molecular formula is C22H40SiTi.